The maximum absolute atomic E-state index is 5.42. The Kier molecular flexibility index (Phi) is 2.23. The van der Waals surface area contributed by atoms with Crippen LogP contribution >= 0.6 is 0 Å². The number of aromatic nitrogens is 5. The Balaban J connectivity index is 2.01. The summed E-state index contributed by atoms with van der Waals surface area (Å²) in [6.07, 6.45) is 11.0. The summed E-state index contributed by atoms with van der Waals surface area (Å²) >= 11 is 0. The number of pyridine rings is 1. The zero-order valence-electron chi connectivity index (χ0n) is 10.7. The second kappa shape index (κ2) is 4.06. The average molecular weight is 265 g/mol. The number of imidazole rings is 1. The summed E-state index contributed by atoms with van der Waals surface area (Å²) in [5.74, 6) is 1.47. The number of ether oxygens (including phenoxy) is 1. The molecule has 0 fully saturated rings. The summed E-state index contributed by atoms with van der Waals surface area (Å²) in [7, 11) is 1.66. The highest BCUT2D eigenvalue weighted by Gasteiger charge is 2.12. The van der Waals surface area contributed by atoms with Crippen molar-refractivity contribution in [3.8, 4) is 16.9 Å². The van der Waals surface area contributed by atoms with Crippen LogP contribution < -0.4 is 4.74 Å². The molecule has 0 amide bonds. The summed E-state index contributed by atoms with van der Waals surface area (Å²) in [5, 5.41) is 0.955. The van der Waals surface area contributed by atoms with Gasteiger partial charge in [-0.3, -0.25) is 4.40 Å². The maximum Gasteiger partial charge on any atom is 0.233 e. The number of hydrogen-bond acceptors (Lipinski definition) is 4. The molecule has 0 spiro atoms. The molecule has 4 aromatic rings. The molecule has 0 atom stereocenters. The van der Waals surface area contributed by atoms with Crippen LogP contribution in [-0.4, -0.2) is 31.4 Å². The van der Waals surface area contributed by atoms with E-state index in [2.05, 4.69) is 19.9 Å². The van der Waals surface area contributed by atoms with Gasteiger partial charge in [0, 0.05) is 48.3 Å². The number of rotatable bonds is 2. The van der Waals surface area contributed by atoms with Crippen LogP contribution in [0.2, 0.25) is 0 Å². The van der Waals surface area contributed by atoms with Gasteiger partial charge in [0.25, 0.3) is 0 Å². The fraction of sp³-hybridized carbons (Fsp3) is 0.0714. The number of nitrogens with one attached hydrogen (secondary N) is 1. The zero-order chi connectivity index (χ0) is 13.5. The lowest BCUT2D eigenvalue weighted by Crippen LogP contribution is -1.90. The molecule has 4 aromatic heterocycles. The fourth-order valence-corrected chi connectivity index (χ4v) is 2.38. The van der Waals surface area contributed by atoms with Crippen LogP contribution in [0.3, 0.4) is 0 Å². The zero-order valence-corrected chi connectivity index (χ0v) is 10.7. The monoisotopic (exact) mass is 265 g/mol. The molecule has 0 radical (unpaired) electrons. The van der Waals surface area contributed by atoms with Crippen LogP contribution in [0, 0.1) is 0 Å². The predicted molar refractivity (Wildman–Crippen MR) is 74.6 cm³/mol. The molecule has 0 saturated carbocycles. The van der Waals surface area contributed by atoms with Gasteiger partial charge in [-0.25, -0.2) is 15.0 Å². The lowest BCUT2D eigenvalue weighted by Gasteiger charge is -2.04. The summed E-state index contributed by atoms with van der Waals surface area (Å²) in [4.78, 5) is 16.0. The molecule has 0 aliphatic carbocycles. The van der Waals surface area contributed by atoms with Gasteiger partial charge >= 0.3 is 0 Å². The number of hydrogen-bond donors (Lipinski definition) is 1. The van der Waals surface area contributed by atoms with E-state index in [4.69, 9.17) is 4.74 Å². The quantitative estimate of drug-likeness (QED) is 0.603. The predicted octanol–water partition coefficient (Wildman–Crippen LogP) is 2.28. The molecular weight excluding hydrogens is 254 g/mol. The molecule has 20 heavy (non-hydrogen) atoms. The second-order valence-corrected chi connectivity index (χ2v) is 4.42. The first-order chi connectivity index (χ1) is 9.86. The maximum atomic E-state index is 5.42. The first-order valence-corrected chi connectivity index (χ1v) is 6.16. The second-order valence-electron chi connectivity index (χ2n) is 4.42. The Bertz CT molecular complexity index is 908. The molecule has 4 rings (SSSR count). The van der Waals surface area contributed by atoms with E-state index in [1.807, 2.05) is 29.1 Å². The van der Waals surface area contributed by atoms with Gasteiger partial charge in [0.05, 0.1) is 12.5 Å². The topological polar surface area (TPSA) is 68.1 Å². The van der Waals surface area contributed by atoms with Crippen molar-refractivity contribution in [3.63, 3.8) is 0 Å². The molecule has 6 nitrogen and oxygen atoms in total. The highest BCUT2D eigenvalue weighted by molar-refractivity contribution is 5.97. The van der Waals surface area contributed by atoms with E-state index in [1.165, 1.54) is 0 Å². The molecule has 0 saturated heterocycles. The van der Waals surface area contributed by atoms with Crippen molar-refractivity contribution in [2.75, 3.05) is 7.11 Å². The third kappa shape index (κ3) is 1.48. The summed E-state index contributed by atoms with van der Waals surface area (Å²) < 4.78 is 7.31. The Hall–Kier alpha value is -2.89. The number of methoxy groups -OCH3 is 1. The minimum atomic E-state index is 0.679. The van der Waals surface area contributed by atoms with Gasteiger partial charge < -0.3 is 9.72 Å². The third-order valence-corrected chi connectivity index (χ3v) is 3.31. The first-order valence-electron chi connectivity index (χ1n) is 6.16. The van der Waals surface area contributed by atoms with Crippen LogP contribution in [-0.2, 0) is 0 Å². The third-order valence-electron chi connectivity index (χ3n) is 3.31. The highest BCUT2D eigenvalue weighted by Crippen LogP contribution is 2.33. The smallest absolute Gasteiger partial charge is 0.233 e. The number of aromatic amines is 1. The van der Waals surface area contributed by atoms with E-state index >= 15 is 0 Å². The minimum Gasteiger partial charge on any atom is -0.496 e. The Morgan fingerprint density at radius 3 is 3.05 bits per heavy atom. The van der Waals surface area contributed by atoms with Crippen molar-refractivity contribution in [2.45, 2.75) is 0 Å². The molecule has 0 unspecified atom stereocenters. The number of fused-ring (bicyclic) bond motifs is 2. The molecule has 0 aromatic carbocycles. The van der Waals surface area contributed by atoms with E-state index in [1.54, 1.807) is 25.7 Å². The van der Waals surface area contributed by atoms with Crippen molar-refractivity contribution in [2.24, 2.45) is 0 Å². The van der Waals surface area contributed by atoms with Crippen LogP contribution in [0.1, 0.15) is 0 Å². The summed E-state index contributed by atoms with van der Waals surface area (Å²) in [6, 6.07) is 1.85. The van der Waals surface area contributed by atoms with Gasteiger partial charge in [0.15, 0.2) is 0 Å². The molecule has 0 bridgehead atoms. The van der Waals surface area contributed by atoms with E-state index in [0.29, 0.717) is 5.78 Å². The first kappa shape index (κ1) is 11.0. The van der Waals surface area contributed by atoms with E-state index in [0.717, 1.165) is 27.9 Å². The normalized spacial score (nSPS) is 11.2. The van der Waals surface area contributed by atoms with Crippen molar-refractivity contribution in [1.29, 1.82) is 0 Å². The Morgan fingerprint density at radius 2 is 2.15 bits per heavy atom. The van der Waals surface area contributed by atoms with Crippen LogP contribution in [0.25, 0.3) is 27.9 Å². The lowest BCUT2D eigenvalue weighted by atomic mass is 10.1. The van der Waals surface area contributed by atoms with Crippen molar-refractivity contribution < 1.29 is 4.74 Å². The van der Waals surface area contributed by atoms with Gasteiger partial charge in [-0.15, -0.1) is 0 Å². The molecule has 1 N–H and O–H groups in total. The Labute approximate surface area is 114 Å². The van der Waals surface area contributed by atoms with Crippen LogP contribution in [0.4, 0.5) is 0 Å². The largest absolute Gasteiger partial charge is 0.496 e. The van der Waals surface area contributed by atoms with Crippen LogP contribution in [0.15, 0.2) is 43.2 Å². The number of nitrogens with zero attached hydrogens (tertiary/aromatic N) is 4. The van der Waals surface area contributed by atoms with Crippen molar-refractivity contribution in [3.05, 3.63) is 43.2 Å². The van der Waals surface area contributed by atoms with Gasteiger partial charge in [0.2, 0.25) is 5.78 Å². The molecule has 6 heteroatoms. The lowest BCUT2D eigenvalue weighted by molar-refractivity contribution is 0.419. The molecule has 4 heterocycles. The van der Waals surface area contributed by atoms with Gasteiger partial charge in [0.1, 0.15) is 11.4 Å². The molecule has 98 valence electrons. The van der Waals surface area contributed by atoms with E-state index in [-0.39, 0.29) is 0 Å². The highest BCUT2D eigenvalue weighted by atomic mass is 16.5. The van der Waals surface area contributed by atoms with Crippen LogP contribution in [0.5, 0.6) is 5.75 Å². The molecular formula is C14H11N5O. The Morgan fingerprint density at radius 1 is 1.20 bits per heavy atom. The van der Waals surface area contributed by atoms with Gasteiger partial charge in [-0.2, -0.15) is 0 Å². The SMILES string of the molecule is COc1ccnc2[nH]cc(-c3cnc4nccn4c3)c12. The van der Waals surface area contributed by atoms with Gasteiger partial charge in [-0.1, -0.05) is 0 Å². The average Bonchev–Trinajstić information content (AvgIpc) is 3.12. The molecule has 0 aliphatic rings. The summed E-state index contributed by atoms with van der Waals surface area (Å²) in [5.41, 5.74) is 2.78. The standard InChI is InChI=1S/C14H11N5O/c1-20-11-2-3-15-13-12(11)10(7-17-13)9-6-18-14-16-4-5-19(14)8-9/h2-8H,1H3,(H,15,17). The fourth-order valence-electron chi connectivity index (χ4n) is 2.38. The van der Waals surface area contributed by atoms with E-state index in [9.17, 15) is 0 Å². The minimum absolute atomic E-state index is 0.679. The number of H-pyrrole nitrogens is 1. The van der Waals surface area contributed by atoms with Crippen molar-refractivity contribution >= 4 is 16.8 Å². The summed E-state index contributed by atoms with van der Waals surface area (Å²) in [6.45, 7) is 0. The van der Waals surface area contributed by atoms with Crippen molar-refractivity contribution in [1.82, 2.24) is 24.3 Å². The van der Waals surface area contributed by atoms with E-state index < -0.39 is 0 Å². The van der Waals surface area contributed by atoms with Gasteiger partial charge in [-0.05, 0) is 6.07 Å². The molecule has 0 aliphatic heterocycles.